The Kier molecular flexibility index (Phi) is 5.37. The molecule has 0 saturated carbocycles. The molecule has 1 aromatic rings. The summed E-state index contributed by atoms with van der Waals surface area (Å²) < 4.78 is 25.1. The van der Waals surface area contributed by atoms with E-state index in [0.29, 0.717) is 15.6 Å². The molecule has 0 aromatic heterocycles. The van der Waals surface area contributed by atoms with Crippen molar-refractivity contribution in [2.75, 3.05) is 14.1 Å². The highest BCUT2D eigenvalue weighted by Crippen LogP contribution is 2.27. The normalized spacial score (nSPS) is 15.7. The molecule has 3 nitrogen and oxygen atoms in total. The zero-order chi connectivity index (χ0) is 13.9. The minimum Gasteiger partial charge on any atom is -0.207 e. The van der Waals surface area contributed by atoms with E-state index in [1.54, 1.807) is 12.1 Å². The van der Waals surface area contributed by atoms with Crippen LogP contribution in [0, 0.1) is 0 Å². The van der Waals surface area contributed by atoms with E-state index in [2.05, 4.69) is 29.8 Å². The van der Waals surface area contributed by atoms with E-state index in [-0.39, 0.29) is 0 Å². The summed E-state index contributed by atoms with van der Waals surface area (Å²) in [6.07, 6.45) is 1.04. The highest BCUT2D eigenvalue weighted by atomic mass is 79.9. The first-order valence-corrected chi connectivity index (χ1v) is 8.32. The second-order valence-electron chi connectivity index (χ2n) is 4.57. The van der Waals surface area contributed by atoms with Crippen molar-refractivity contribution in [3.63, 3.8) is 0 Å². The van der Waals surface area contributed by atoms with Crippen LogP contribution in [0.15, 0.2) is 29.2 Å². The van der Waals surface area contributed by atoms with E-state index in [9.17, 15) is 8.42 Å². The quantitative estimate of drug-likeness (QED) is 0.776. The van der Waals surface area contributed by atoms with Gasteiger partial charge in [-0.2, -0.15) is 0 Å². The molecule has 2 unspecified atom stereocenters. The number of hydrogen-bond acceptors (Lipinski definition) is 2. The van der Waals surface area contributed by atoms with Crippen molar-refractivity contribution in [1.29, 1.82) is 0 Å². The molecule has 2 atom stereocenters. The third-order valence-corrected chi connectivity index (χ3v) is 6.39. The molecule has 1 aromatic carbocycles. The average Bonchev–Trinajstić information content (AvgIpc) is 2.36. The van der Waals surface area contributed by atoms with Gasteiger partial charge in [-0.05, 0) is 30.0 Å². The number of halogens is 1. The van der Waals surface area contributed by atoms with E-state index >= 15 is 0 Å². The predicted molar refractivity (Wildman–Crippen MR) is 78.7 cm³/mol. The Labute approximate surface area is 118 Å². The lowest BCUT2D eigenvalue weighted by atomic mass is 9.97. The molecule has 0 heterocycles. The SMILES string of the molecule is CCC(Br)C(C)c1ccc(S(=O)(=O)N(C)C)cc1. The zero-order valence-corrected chi connectivity index (χ0v) is 13.6. The van der Waals surface area contributed by atoms with Gasteiger partial charge in [0.15, 0.2) is 0 Å². The van der Waals surface area contributed by atoms with Gasteiger partial charge in [0.05, 0.1) is 4.90 Å². The van der Waals surface area contributed by atoms with Crippen LogP contribution in [0.3, 0.4) is 0 Å². The number of benzene rings is 1. The van der Waals surface area contributed by atoms with Crippen LogP contribution >= 0.6 is 15.9 Å². The van der Waals surface area contributed by atoms with Gasteiger partial charge in [0, 0.05) is 18.9 Å². The van der Waals surface area contributed by atoms with E-state index in [1.165, 1.54) is 18.4 Å². The summed E-state index contributed by atoms with van der Waals surface area (Å²) in [5.41, 5.74) is 1.15. The molecule has 0 amide bonds. The van der Waals surface area contributed by atoms with Crippen LogP contribution in [0.2, 0.25) is 0 Å². The van der Waals surface area contributed by atoms with Crippen LogP contribution in [0.25, 0.3) is 0 Å². The molecule has 0 saturated heterocycles. The van der Waals surface area contributed by atoms with Crippen LogP contribution in [0.4, 0.5) is 0 Å². The highest BCUT2D eigenvalue weighted by molar-refractivity contribution is 9.09. The molecule has 1 rings (SSSR count). The smallest absolute Gasteiger partial charge is 0.207 e. The maximum absolute atomic E-state index is 11.9. The fourth-order valence-electron chi connectivity index (χ4n) is 1.72. The fraction of sp³-hybridized carbons (Fsp3) is 0.538. The Bertz CT molecular complexity index is 482. The molecule has 0 bridgehead atoms. The average molecular weight is 334 g/mol. The Hall–Kier alpha value is -0.390. The van der Waals surface area contributed by atoms with Crippen molar-refractivity contribution in [2.24, 2.45) is 0 Å². The monoisotopic (exact) mass is 333 g/mol. The standard InChI is InChI=1S/C13H20BrNO2S/c1-5-13(14)10(2)11-6-8-12(9-7-11)18(16,17)15(3)4/h6-10,13H,5H2,1-4H3. The number of alkyl halides is 1. The Morgan fingerprint density at radius 3 is 2.11 bits per heavy atom. The van der Waals surface area contributed by atoms with E-state index in [4.69, 9.17) is 0 Å². The first-order chi connectivity index (χ1) is 8.30. The van der Waals surface area contributed by atoms with Gasteiger partial charge >= 0.3 is 0 Å². The predicted octanol–water partition coefficient (Wildman–Crippen LogP) is 3.21. The summed E-state index contributed by atoms with van der Waals surface area (Å²) in [6.45, 7) is 4.26. The molecule has 18 heavy (non-hydrogen) atoms. The lowest BCUT2D eigenvalue weighted by molar-refractivity contribution is 0.520. The molecular formula is C13H20BrNO2S. The van der Waals surface area contributed by atoms with Gasteiger partial charge in [0.2, 0.25) is 10.0 Å². The third-order valence-electron chi connectivity index (χ3n) is 3.12. The molecular weight excluding hydrogens is 314 g/mol. The van der Waals surface area contributed by atoms with Gasteiger partial charge in [0.25, 0.3) is 0 Å². The van der Waals surface area contributed by atoms with Gasteiger partial charge in [-0.15, -0.1) is 0 Å². The number of nitrogens with zero attached hydrogens (tertiary/aromatic N) is 1. The van der Waals surface area contributed by atoms with Crippen molar-refractivity contribution >= 4 is 26.0 Å². The van der Waals surface area contributed by atoms with Crippen molar-refractivity contribution in [2.45, 2.75) is 35.9 Å². The molecule has 0 radical (unpaired) electrons. The Morgan fingerprint density at radius 2 is 1.72 bits per heavy atom. The van der Waals surface area contributed by atoms with Crippen molar-refractivity contribution in [3.8, 4) is 0 Å². The minimum absolute atomic E-state index is 0.339. The summed E-state index contributed by atoms with van der Waals surface area (Å²) >= 11 is 3.63. The summed E-state index contributed by atoms with van der Waals surface area (Å²) in [5.74, 6) is 0.367. The van der Waals surface area contributed by atoms with Gasteiger partial charge < -0.3 is 0 Å². The first-order valence-electron chi connectivity index (χ1n) is 5.97. The summed E-state index contributed by atoms with van der Waals surface area (Å²) in [6, 6.07) is 7.14. The van der Waals surface area contributed by atoms with Crippen LogP contribution in [0.1, 0.15) is 31.7 Å². The van der Waals surface area contributed by atoms with Crippen molar-refractivity contribution < 1.29 is 8.42 Å². The van der Waals surface area contributed by atoms with E-state index in [0.717, 1.165) is 12.0 Å². The first kappa shape index (κ1) is 15.7. The van der Waals surface area contributed by atoms with Gasteiger partial charge in [-0.25, -0.2) is 12.7 Å². The maximum Gasteiger partial charge on any atom is 0.242 e. The molecule has 5 heteroatoms. The third kappa shape index (κ3) is 3.33. The van der Waals surface area contributed by atoms with Crippen LogP contribution < -0.4 is 0 Å². The van der Waals surface area contributed by atoms with Crippen molar-refractivity contribution in [3.05, 3.63) is 29.8 Å². The Morgan fingerprint density at radius 1 is 1.22 bits per heavy atom. The Balaban J connectivity index is 3.01. The second kappa shape index (κ2) is 6.17. The van der Waals surface area contributed by atoms with Crippen LogP contribution in [0.5, 0.6) is 0 Å². The second-order valence-corrected chi connectivity index (χ2v) is 7.90. The summed E-state index contributed by atoms with van der Waals surface area (Å²) in [4.78, 5) is 0.750. The molecule has 0 aliphatic rings. The topological polar surface area (TPSA) is 37.4 Å². The van der Waals surface area contributed by atoms with E-state index < -0.39 is 10.0 Å². The number of hydrogen-bond donors (Lipinski definition) is 0. The number of rotatable bonds is 5. The van der Waals surface area contributed by atoms with Crippen LogP contribution in [-0.2, 0) is 10.0 Å². The molecule has 0 aliphatic carbocycles. The van der Waals surface area contributed by atoms with Crippen LogP contribution in [-0.4, -0.2) is 31.6 Å². The molecule has 0 aliphatic heterocycles. The maximum atomic E-state index is 11.9. The zero-order valence-electron chi connectivity index (χ0n) is 11.2. The molecule has 0 fully saturated rings. The van der Waals surface area contributed by atoms with Gasteiger partial charge in [-0.1, -0.05) is 41.9 Å². The van der Waals surface area contributed by atoms with Crippen molar-refractivity contribution in [1.82, 2.24) is 4.31 Å². The summed E-state index contributed by atoms with van der Waals surface area (Å²) in [7, 11) is -0.245. The molecule has 0 N–H and O–H groups in total. The van der Waals surface area contributed by atoms with Gasteiger partial charge in [-0.3, -0.25) is 0 Å². The highest BCUT2D eigenvalue weighted by Gasteiger charge is 2.18. The number of sulfonamides is 1. The summed E-state index contributed by atoms with van der Waals surface area (Å²) in [5, 5.41) is 0. The molecule has 0 spiro atoms. The lowest BCUT2D eigenvalue weighted by Gasteiger charge is -2.18. The molecule has 102 valence electrons. The van der Waals surface area contributed by atoms with E-state index in [1.807, 2.05) is 12.1 Å². The largest absolute Gasteiger partial charge is 0.242 e. The minimum atomic E-state index is -3.32. The van der Waals surface area contributed by atoms with Gasteiger partial charge in [0.1, 0.15) is 0 Å². The fourth-order valence-corrected chi connectivity index (χ4v) is 2.92. The lowest BCUT2D eigenvalue weighted by Crippen LogP contribution is -2.22.